The van der Waals surface area contributed by atoms with Crippen molar-refractivity contribution in [1.82, 2.24) is 16.1 Å². The number of nitrogens with zero attached hydrogens (tertiary/aromatic N) is 3. The van der Waals surface area contributed by atoms with Crippen LogP contribution in [-0.4, -0.2) is 9.97 Å². The predicted molar refractivity (Wildman–Crippen MR) is 51.8 cm³/mol. The molecule has 2 heterocycles. The van der Waals surface area contributed by atoms with Crippen molar-refractivity contribution < 1.29 is 0 Å². The van der Waals surface area contributed by atoms with Crippen LogP contribution in [0.4, 0.5) is 0 Å². The minimum Gasteiger partial charge on any atom is -0.237 e. The third-order valence-corrected chi connectivity index (χ3v) is 1.69. The molecule has 2 aromatic heterocycles. The van der Waals surface area contributed by atoms with Gasteiger partial charge in [-0.2, -0.15) is 0 Å². The Hall–Kier alpha value is -1.74. The van der Waals surface area contributed by atoms with Crippen molar-refractivity contribution in [3.05, 3.63) is 42.7 Å². The second-order valence-corrected chi connectivity index (χ2v) is 2.49. The summed E-state index contributed by atoms with van der Waals surface area (Å²) in [6, 6.07) is 7.81. The summed E-state index contributed by atoms with van der Waals surface area (Å²) in [5, 5.41) is 1.06. The van der Waals surface area contributed by atoms with Crippen molar-refractivity contribution in [3.63, 3.8) is 0 Å². The van der Waals surface area contributed by atoms with Gasteiger partial charge in [-0.05, 0) is 30.3 Å². The van der Waals surface area contributed by atoms with Crippen LogP contribution in [0.25, 0.3) is 17.1 Å². The van der Waals surface area contributed by atoms with Crippen LogP contribution in [0.5, 0.6) is 0 Å². The summed E-state index contributed by atoms with van der Waals surface area (Å²) in [6.07, 6.45) is 3.45. The first-order valence-corrected chi connectivity index (χ1v) is 3.74. The first-order valence-electron chi connectivity index (χ1n) is 3.74. The first kappa shape index (κ1) is 9.35. The number of hydrogen-bond donors (Lipinski definition) is 0. The van der Waals surface area contributed by atoms with Crippen molar-refractivity contribution in [2.24, 2.45) is 0 Å². The fourth-order valence-electron chi connectivity index (χ4n) is 1.08. The van der Waals surface area contributed by atoms with Crippen molar-refractivity contribution in [1.29, 1.82) is 0 Å². The van der Waals surface area contributed by atoms with E-state index in [-0.39, 0.29) is 6.15 Å². The summed E-state index contributed by atoms with van der Waals surface area (Å²) >= 11 is 0. The highest BCUT2D eigenvalue weighted by atomic mass is 14.8. The summed E-state index contributed by atoms with van der Waals surface area (Å²) in [6.45, 7) is 3.65. The van der Waals surface area contributed by atoms with E-state index in [1.165, 1.54) is 0 Å². The Morgan fingerprint density at radius 1 is 1.23 bits per heavy atom. The van der Waals surface area contributed by atoms with Gasteiger partial charge in [0, 0.05) is 17.7 Å². The predicted octanol–water partition coefficient (Wildman–Crippen LogP) is 1.79. The molecule has 0 aromatic carbocycles. The fourth-order valence-corrected chi connectivity index (χ4v) is 1.08. The molecule has 3 radical (unpaired) electrons. The molecule has 0 spiro atoms. The first-order chi connectivity index (χ1) is 5.90. The maximum Gasteiger partial charge on any atom is 0.159 e. The monoisotopic (exact) mass is 170 g/mol. The van der Waals surface area contributed by atoms with Gasteiger partial charge in [-0.15, -0.1) is 0 Å². The van der Waals surface area contributed by atoms with Crippen LogP contribution in [0.1, 0.15) is 5.69 Å². The lowest BCUT2D eigenvalue weighted by molar-refractivity contribution is 1.27. The molecular weight excluding hydrogens is 162 g/mol. The minimum atomic E-state index is 0. The van der Waals surface area contributed by atoms with Gasteiger partial charge in [-0.1, -0.05) is 6.58 Å². The molecule has 63 valence electrons. The van der Waals surface area contributed by atoms with Crippen molar-refractivity contribution in [3.8, 4) is 0 Å². The zero-order valence-electron chi connectivity index (χ0n) is 7.01. The van der Waals surface area contributed by atoms with Gasteiger partial charge in [0.15, 0.2) is 5.65 Å². The van der Waals surface area contributed by atoms with Gasteiger partial charge in [-0.25, -0.2) is 9.97 Å². The molecule has 0 atom stereocenters. The molecule has 0 bridgehead atoms. The summed E-state index contributed by atoms with van der Waals surface area (Å²) in [4.78, 5) is 8.40. The van der Waals surface area contributed by atoms with Gasteiger partial charge in [0.2, 0.25) is 0 Å². The average Bonchev–Trinajstić information content (AvgIpc) is 2.17. The van der Waals surface area contributed by atoms with E-state index in [2.05, 4.69) is 16.5 Å². The zero-order chi connectivity index (χ0) is 8.39. The van der Waals surface area contributed by atoms with Crippen LogP contribution in [0, 0.1) is 0 Å². The Kier molecular flexibility index (Phi) is 2.72. The van der Waals surface area contributed by atoms with Gasteiger partial charge in [-0.3, -0.25) is 0 Å². The molecular formula is C10H8N3. The van der Waals surface area contributed by atoms with Gasteiger partial charge in [0.05, 0.1) is 5.69 Å². The molecule has 3 heteroatoms. The van der Waals surface area contributed by atoms with Crippen LogP contribution in [0.3, 0.4) is 0 Å². The van der Waals surface area contributed by atoms with Gasteiger partial charge >= 0.3 is 0 Å². The van der Waals surface area contributed by atoms with Gasteiger partial charge < -0.3 is 0 Å². The highest BCUT2D eigenvalue weighted by Crippen LogP contribution is 2.09. The molecule has 2 aromatic rings. The maximum atomic E-state index is 4.26. The highest BCUT2D eigenvalue weighted by molar-refractivity contribution is 5.75. The summed E-state index contributed by atoms with van der Waals surface area (Å²) < 4.78 is 0. The second-order valence-electron chi connectivity index (χ2n) is 2.49. The number of fused-ring (bicyclic) bond motifs is 1. The molecule has 0 amide bonds. The summed E-state index contributed by atoms with van der Waals surface area (Å²) in [5.41, 5.74) is 1.64. The molecule has 0 fully saturated rings. The molecule has 13 heavy (non-hydrogen) atoms. The van der Waals surface area contributed by atoms with Gasteiger partial charge in [0.1, 0.15) is 0 Å². The Labute approximate surface area is 76.7 Å². The van der Waals surface area contributed by atoms with Crippen molar-refractivity contribution >= 4 is 17.1 Å². The molecule has 0 saturated heterocycles. The molecule has 0 saturated carbocycles. The van der Waals surface area contributed by atoms with E-state index in [1.54, 1.807) is 12.3 Å². The van der Waals surface area contributed by atoms with Crippen LogP contribution in [0.15, 0.2) is 37.0 Å². The standard InChI is InChI=1S/C10H8N2.N/c1-2-9-6-5-8-4-3-7-11-10(8)12-9;/h2-7H,1H2;. The second kappa shape index (κ2) is 3.78. The maximum absolute atomic E-state index is 4.26. The van der Waals surface area contributed by atoms with E-state index in [0.29, 0.717) is 0 Å². The number of pyridine rings is 2. The summed E-state index contributed by atoms with van der Waals surface area (Å²) in [5.74, 6) is 0. The number of aromatic nitrogens is 2. The molecule has 3 nitrogen and oxygen atoms in total. The minimum absolute atomic E-state index is 0. The lowest BCUT2D eigenvalue weighted by Crippen LogP contribution is -1.84. The Balaban J connectivity index is 0.000000845. The largest absolute Gasteiger partial charge is 0.237 e. The molecule has 0 N–H and O–H groups in total. The smallest absolute Gasteiger partial charge is 0.159 e. The Morgan fingerprint density at radius 3 is 2.85 bits per heavy atom. The highest BCUT2D eigenvalue weighted by Gasteiger charge is 1.93. The van der Waals surface area contributed by atoms with E-state index >= 15 is 0 Å². The van der Waals surface area contributed by atoms with Crippen LogP contribution < -0.4 is 6.15 Å². The Bertz CT molecular complexity index is 423. The van der Waals surface area contributed by atoms with Crippen molar-refractivity contribution in [2.45, 2.75) is 0 Å². The van der Waals surface area contributed by atoms with E-state index in [4.69, 9.17) is 0 Å². The Morgan fingerprint density at radius 2 is 2.08 bits per heavy atom. The van der Waals surface area contributed by atoms with Gasteiger partial charge in [0.25, 0.3) is 0 Å². The van der Waals surface area contributed by atoms with Crippen molar-refractivity contribution in [2.75, 3.05) is 0 Å². The number of hydrogen-bond acceptors (Lipinski definition) is 2. The van der Waals surface area contributed by atoms with E-state index in [1.807, 2.05) is 24.3 Å². The summed E-state index contributed by atoms with van der Waals surface area (Å²) in [7, 11) is 0. The van der Waals surface area contributed by atoms with E-state index in [9.17, 15) is 0 Å². The zero-order valence-corrected chi connectivity index (χ0v) is 7.01. The topological polar surface area (TPSA) is 56.3 Å². The SMILES string of the molecule is C=Cc1ccc2cccnc2n1.[N]. The molecule has 0 aliphatic heterocycles. The molecule has 0 aliphatic carbocycles. The molecule has 2 rings (SSSR count). The third-order valence-electron chi connectivity index (χ3n) is 1.69. The average molecular weight is 170 g/mol. The lowest BCUT2D eigenvalue weighted by Gasteiger charge is -1.95. The van der Waals surface area contributed by atoms with Crippen LogP contribution in [0.2, 0.25) is 0 Å². The van der Waals surface area contributed by atoms with Crippen LogP contribution >= 0.6 is 0 Å². The van der Waals surface area contributed by atoms with E-state index < -0.39 is 0 Å². The third kappa shape index (κ3) is 1.71. The van der Waals surface area contributed by atoms with Crippen LogP contribution in [-0.2, 0) is 0 Å². The number of rotatable bonds is 1. The molecule has 0 aliphatic rings. The lowest BCUT2D eigenvalue weighted by atomic mass is 10.2. The normalized spacial score (nSPS) is 9.23. The fraction of sp³-hybridized carbons (Fsp3) is 0. The quantitative estimate of drug-likeness (QED) is 0.655. The van der Waals surface area contributed by atoms with E-state index in [0.717, 1.165) is 16.7 Å². The molecule has 0 unspecified atom stereocenters.